The van der Waals surface area contributed by atoms with Gasteiger partial charge in [0.2, 0.25) is 17.7 Å². The third-order valence-corrected chi connectivity index (χ3v) is 5.54. The monoisotopic (exact) mass is 404 g/mol. The van der Waals surface area contributed by atoms with Crippen LogP contribution in [0.2, 0.25) is 0 Å². The summed E-state index contributed by atoms with van der Waals surface area (Å²) in [6.07, 6.45) is 0.588. The van der Waals surface area contributed by atoms with Gasteiger partial charge in [0.05, 0.1) is 19.1 Å². The first-order valence-electron chi connectivity index (χ1n) is 10.2. The van der Waals surface area contributed by atoms with Crippen molar-refractivity contribution in [3.05, 3.63) is 29.8 Å². The van der Waals surface area contributed by atoms with Crippen LogP contribution in [0.4, 0.5) is 0 Å². The van der Waals surface area contributed by atoms with Crippen LogP contribution in [-0.4, -0.2) is 66.0 Å². The molecule has 1 saturated heterocycles. The number of ether oxygens (including phenoxy) is 1. The predicted octanol–water partition coefficient (Wildman–Crippen LogP) is 1.97. The minimum Gasteiger partial charge on any atom is -0.497 e. The van der Waals surface area contributed by atoms with Gasteiger partial charge >= 0.3 is 0 Å². The van der Waals surface area contributed by atoms with E-state index in [9.17, 15) is 19.5 Å². The Bertz CT molecular complexity index is 731. The molecule has 7 nitrogen and oxygen atoms in total. The molecule has 0 bridgehead atoms. The van der Waals surface area contributed by atoms with Crippen LogP contribution in [0.1, 0.15) is 45.6 Å². The van der Waals surface area contributed by atoms with Crippen LogP contribution in [-0.2, 0) is 19.8 Å². The van der Waals surface area contributed by atoms with Crippen molar-refractivity contribution in [2.24, 2.45) is 5.92 Å². The number of methoxy groups -OCH3 is 1. The number of carbonyl (C=O) groups excluding carboxylic acids is 3. The molecule has 0 saturated carbocycles. The number of likely N-dealkylation sites (tertiary alicyclic amines) is 1. The summed E-state index contributed by atoms with van der Waals surface area (Å²) in [7, 11) is 1.56. The number of likely N-dealkylation sites (N-methyl/N-ethyl adjacent to an activating group) is 1. The fraction of sp³-hybridized carbons (Fsp3) is 0.591. The topological polar surface area (TPSA) is 87.2 Å². The predicted molar refractivity (Wildman–Crippen MR) is 109 cm³/mol. The minimum absolute atomic E-state index is 0.0291. The van der Waals surface area contributed by atoms with E-state index in [1.54, 1.807) is 31.4 Å². The van der Waals surface area contributed by atoms with Crippen molar-refractivity contribution in [1.82, 2.24) is 9.80 Å². The van der Waals surface area contributed by atoms with Gasteiger partial charge in [0.25, 0.3) is 0 Å². The van der Waals surface area contributed by atoms with Gasteiger partial charge in [-0.05, 0) is 37.0 Å². The summed E-state index contributed by atoms with van der Waals surface area (Å²) in [6.45, 7) is 6.74. The number of nitrogens with zero attached hydrogens (tertiary/aromatic N) is 2. The Kier molecular flexibility index (Phi) is 7.79. The molecule has 1 N–H and O–H groups in total. The third kappa shape index (κ3) is 4.96. The second-order valence-corrected chi connectivity index (χ2v) is 7.89. The van der Waals surface area contributed by atoms with Gasteiger partial charge in [-0.25, -0.2) is 0 Å². The molecule has 1 aliphatic heterocycles. The summed E-state index contributed by atoms with van der Waals surface area (Å²) in [6, 6.07) is 6.99. The molecule has 2 rings (SSSR count). The third-order valence-electron chi connectivity index (χ3n) is 5.54. The number of aliphatic hydroxyl groups is 1. The van der Waals surface area contributed by atoms with E-state index in [1.165, 1.54) is 9.80 Å². The highest BCUT2D eigenvalue weighted by Crippen LogP contribution is 2.41. The molecule has 160 valence electrons. The van der Waals surface area contributed by atoms with E-state index in [0.29, 0.717) is 30.3 Å². The number of amides is 3. The van der Waals surface area contributed by atoms with Crippen LogP contribution >= 0.6 is 0 Å². The standard InChI is InChI=1S/C22H32N2O5/c1-5-23(12-13-25)19(26)14-22(17-6-8-18(29-4)9-7-17)15-20(27)24(21(22)28)11-10-16(2)3/h6-9,16,25H,5,10-15H2,1-4H3. The van der Waals surface area contributed by atoms with Crippen molar-refractivity contribution < 1.29 is 24.2 Å². The molecule has 0 spiro atoms. The maximum Gasteiger partial charge on any atom is 0.240 e. The van der Waals surface area contributed by atoms with Crippen molar-refractivity contribution in [2.45, 2.75) is 45.4 Å². The highest BCUT2D eigenvalue weighted by molar-refractivity contribution is 6.10. The molecule has 29 heavy (non-hydrogen) atoms. The van der Waals surface area contributed by atoms with Gasteiger partial charge in [-0.1, -0.05) is 26.0 Å². The average molecular weight is 405 g/mol. The van der Waals surface area contributed by atoms with Gasteiger partial charge < -0.3 is 14.7 Å². The molecule has 0 aliphatic carbocycles. The van der Waals surface area contributed by atoms with E-state index >= 15 is 0 Å². The zero-order valence-electron chi connectivity index (χ0n) is 17.8. The lowest BCUT2D eigenvalue weighted by molar-refractivity contribution is -0.142. The SMILES string of the molecule is CCN(CCO)C(=O)CC1(c2ccc(OC)cc2)CC(=O)N(CCC(C)C)C1=O. The Labute approximate surface area is 172 Å². The Morgan fingerprint density at radius 3 is 2.45 bits per heavy atom. The molecule has 7 heteroatoms. The fourth-order valence-corrected chi connectivity index (χ4v) is 3.74. The lowest BCUT2D eigenvalue weighted by atomic mass is 9.75. The van der Waals surface area contributed by atoms with Gasteiger partial charge in [-0.15, -0.1) is 0 Å². The molecular weight excluding hydrogens is 372 g/mol. The zero-order valence-corrected chi connectivity index (χ0v) is 17.8. The second-order valence-electron chi connectivity index (χ2n) is 7.89. The molecule has 0 aromatic heterocycles. The largest absolute Gasteiger partial charge is 0.497 e. The van der Waals surface area contributed by atoms with E-state index in [0.717, 1.165) is 6.42 Å². The van der Waals surface area contributed by atoms with Crippen molar-refractivity contribution in [2.75, 3.05) is 33.4 Å². The van der Waals surface area contributed by atoms with Crippen LogP contribution < -0.4 is 4.74 Å². The van der Waals surface area contributed by atoms with Gasteiger partial charge in [-0.3, -0.25) is 19.3 Å². The maximum absolute atomic E-state index is 13.5. The molecule has 1 aliphatic rings. The lowest BCUT2D eigenvalue weighted by Crippen LogP contribution is -2.44. The average Bonchev–Trinajstić information content (AvgIpc) is 2.94. The lowest BCUT2D eigenvalue weighted by Gasteiger charge is -2.30. The first kappa shape index (κ1) is 22.9. The highest BCUT2D eigenvalue weighted by atomic mass is 16.5. The number of hydrogen-bond acceptors (Lipinski definition) is 5. The van der Waals surface area contributed by atoms with Gasteiger partial charge in [0.1, 0.15) is 5.75 Å². The normalized spacial score (nSPS) is 19.2. The first-order valence-corrected chi connectivity index (χ1v) is 10.2. The summed E-state index contributed by atoms with van der Waals surface area (Å²) in [5.74, 6) is 0.183. The molecule has 1 aromatic rings. The molecular formula is C22H32N2O5. The smallest absolute Gasteiger partial charge is 0.240 e. The quantitative estimate of drug-likeness (QED) is 0.603. The number of carbonyl (C=O) groups is 3. The summed E-state index contributed by atoms with van der Waals surface area (Å²) >= 11 is 0. The van der Waals surface area contributed by atoms with E-state index in [-0.39, 0.29) is 43.7 Å². The van der Waals surface area contributed by atoms with Crippen LogP contribution in [0, 0.1) is 5.92 Å². The zero-order chi connectivity index (χ0) is 21.6. The molecule has 1 aromatic carbocycles. The number of hydrogen-bond donors (Lipinski definition) is 1. The van der Waals surface area contributed by atoms with Crippen LogP contribution in [0.5, 0.6) is 5.75 Å². The van der Waals surface area contributed by atoms with E-state index in [1.807, 2.05) is 20.8 Å². The molecule has 1 unspecified atom stereocenters. The van der Waals surface area contributed by atoms with Crippen molar-refractivity contribution in [3.8, 4) is 5.75 Å². The minimum atomic E-state index is -1.22. The van der Waals surface area contributed by atoms with Gasteiger partial charge in [-0.2, -0.15) is 0 Å². The number of benzene rings is 1. The van der Waals surface area contributed by atoms with Gasteiger partial charge in [0, 0.05) is 32.5 Å². The van der Waals surface area contributed by atoms with Gasteiger partial charge in [0.15, 0.2) is 0 Å². The summed E-state index contributed by atoms with van der Waals surface area (Å²) in [5, 5.41) is 9.24. The van der Waals surface area contributed by atoms with E-state index < -0.39 is 5.41 Å². The summed E-state index contributed by atoms with van der Waals surface area (Å²) < 4.78 is 5.20. The Balaban J connectivity index is 2.41. The van der Waals surface area contributed by atoms with Crippen LogP contribution in [0.25, 0.3) is 0 Å². The molecule has 1 heterocycles. The molecule has 1 atom stereocenters. The van der Waals surface area contributed by atoms with E-state index in [4.69, 9.17) is 4.74 Å². The van der Waals surface area contributed by atoms with Crippen molar-refractivity contribution >= 4 is 17.7 Å². The second kappa shape index (κ2) is 9.87. The van der Waals surface area contributed by atoms with E-state index in [2.05, 4.69) is 0 Å². The fourth-order valence-electron chi connectivity index (χ4n) is 3.74. The summed E-state index contributed by atoms with van der Waals surface area (Å²) in [4.78, 5) is 42.0. The molecule has 0 radical (unpaired) electrons. The molecule has 1 fully saturated rings. The Morgan fingerprint density at radius 1 is 1.28 bits per heavy atom. The van der Waals surface area contributed by atoms with Crippen molar-refractivity contribution in [3.63, 3.8) is 0 Å². The van der Waals surface area contributed by atoms with Crippen molar-refractivity contribution in [1.29, 1.82) is 0 Å². The van der Waals surface area contributed by atoms with Crippen LogP contribution in [0.3, 0.4) is 0 Å². The number of imide groups is 1. The molecule has 3 amide bonds. The summed E-state index contributed by atoms with van der Waals surface area (Å²) in [5.41, 5.74) is -0.586. The Hall–Kier alpha value is -2.41. The number of aliphatic hydroxyl groups excluding tert-OH is 1. The first-order chi connectivity index (χ1) is 13.8. The highest BCUT2D eigenvalue weighted by Gasteiger charge is 2.53. The Morgan fingerprint density at radius 2 is 1.93 bits per heavy atom. The number of rotatable bonds is 10. The maximum atomic E-state index is 13.5. The van der Waals surface area contributed by atoms with Crippen LogP contribution in [0.15, 0.2) is 24.3 Å².